The van der Waals surface area contributed by atoms with Crippen molar-refractivity contribution >= 4 is 11.7 Å². The number of aromatic nitrogens is 2. The van der Waals surface area contributed by atoms with E-state index in [9.17, 15) is 4.79 Å². The van der Waals surface area contributed by atoms with Gasteiger partial charge in [-0.2, -0.15) is 5.10 Å². The SMILES string of the molecule is CC(C)(C)NC(=O)Nc1cnn(CC2CCCCO2)c1. The summed E-state index contributed by atoms with van der Waals surface area (Å²) in [5, 5.41) is 9.88. The van der Waals surface area contributed by atoms with Gasteiger partial charge in [0.1, 0.15) is 0 Å². The lowest BCUT2D eigenvalue weighted by atomic mass is 10.1. The molecule has 2 N–H and O–H groups in total. The Kier molecular flexibility index (Phi) is 4.65. The van der Waals surface area contributed by atoms with Crippen LogP contribution in [0.2, 0.25) is 0 Å². The molecule has 6 nitrogen and oxygen atoms in total. The zero-order valence-electron chi connectivity index (χ0n) is 12.5. The Morgan fingerprint density at radius 1 is 1.50 bits per heavy atom. The highest BCUT2D eigenvalue weighted by atomic mass is 16.5. The van der Waals surface area contributed by atoms with Crippen molar-refractivity contribution in [1.82, 2.24) is 15.1 Å². The molecule has 6 heteroatoms. The second kappa shape index (κ2) is 6.26. The quantitative estimate of drug-likeness (QED) is 0.893. The van der Waals surface area contributed by atoms with E-state index in [0.29, 0.717) is 5.69 Å². The molecule has 1 aliphatic rings. The van der Waals surface area contributed by atoms with Crippen LogP contribution in [0.25, 0.3) is 0 Å². The minimum atomic E-state index is -0.254. The number of ether oxygens (including phenoxy) is 1. The Bertz CT molecular complexity index is 444. The fourth-order valence-corrected chi connectivity index (χ4v) is 2.19. The fraction of sp³-hybridized carbons (Fsp3) is 0.714. The highest BCUT2D eigenvalue weighted by Crippen LogP contribution is 2.15. The normalized spacial score (nSPS) is 19.6. The molecular weight excluding hydrogens is 256 g/mol. The summed E-state index contributed by atoms with van der Waals surface area (Å²) in [5.41, 5.74) is 0.443. The number of anilines is 1. The highest BCUT2D eigenvalue weighted by molar-refractivity contribution is 5.89. The molecule has 0 spiro atoms. The lowest BCUT2D eigenvalue weighted by molar-refractivity contribution is 0.00401. The minimum Gasteiger partial charge on any atom is -0.376 e. The standard InChI is InChI=1S/C14H24N4O2/c1-14(2,3)17-13(19)16-11-8-15-18(9-11)10-12-6-4-5-7-20-12/h8-9,12H,4-7,10H2,1-3H3,(H2,16,17,19). The number of carbonyl (C=O) groups is 1. The molecule has 0 aliphatic carbocycles. The average Bonchev–Trinajstić information content (AvgIpc) is 2.75. The van der Waals surface area contributed by atoms with E-state index in [4.69, 9.17) is 4.74 Å². The molecule has 112 valence electrons. The molecule has 1 fully saturated rings. The van der Waals surface area contributed by atoms with Crippen LogP contribution in [-0.4, -0.2) is 34.1 Å². The molecular formula is C14H24N4O2. The lowest BCUT2D eigenvalue weighted by Gasteiger charge is -2.22. The van der Waals surface area contributed by atoms with Gasteiger partial charge in [0.05, 0.1) is 24.5 Å². The van der Waals surface area contributed by atoms with E-state index in [2.05, 4.69) is 15.7 Å². The fourth-order valence-electron chi connectivity index (χ4n) is 2.19. The van der Waals surface area contributed by atoms with Crippen molar-refractivity contribution in [1.29, 1.82) is 0 Å². The summed E-state index contributed by atoms with van der Waals surface area (Å²) in [6.07, 6.45) is 7.17. The zero-order valence-corrected chi connectivity index (χ0v) is 12.5. The topological polar surface area (TPSA) is 68.2 Å². The van der Waals surface area contributed by atoms with Crippen molar-refractivity contribution in [3.63, 3.8) is 0 Å². The molecule has 0 aromatic carbocycles. The van der Waals surface area contributed by atoms with Gasteiger partial charge in [-0.25, -0.2) is 4.79 Å². The van der Waals surface area contributed by atoms with Gasteiger partial charge < -0.3 is 15.4 Å². The van der Waals surface area contributed by atoms with Crippen molar-refractivity contribution in [3.05, 3.63) is 12.4 Å². The smallest absolute Gasteiger partial charge is 0.319 e. The second-order valence-electron chi connectivity index (χ2n) is 6.27. The van der Waals surface area contributed by atoms with Gasteiger partial charge >= 0.3 is 6.03 Å². The van der Waals surface area contributed by atoms with Crippen molar-refractivity contribution < 1.29 is 9.53 Å². The summed E-state index contributed by atoms with van der Waals surface area (Å²) in [6, 6.07) is -0.217. The van der Waals surface area contributed by atoms with Crippen LogP contribution in [-0.2, 0) is 11.3 Å². The maximum atomic E-state index is 11.7. The van der Waals surface area contributed by atoms with Gasteiger partial charge in [0.2, 0.25) is 0 Å². The Hall–Kier alpha value is -1.56. The van der Waals surface area contributed by atoms with E-state index in [1.54, 1.807) is 6.20 Å². The van der Waals surface area contributed by atoms with Gasteiger partial charge in [-0.05, 0) is 40.0 Å². The predicted molar refractivity (Wildman–Crippen MR) is 77.7 cm³/mol. The Morgan fingerprint density at radius 3 is 2.95 bits per heavy atom. The summed E-state index contributed by atoms with van der Waals surface area (Å²) < 4.78 is 7.50. The largest absolute Gasteiger partial charge is 0.376 e. The van der Waals surface area contributed by atoms with Gasteiger partial charge in [0.25, 0.3) is 0 Å². The minimum absolute atomic E-state index is 0.217. The molecule has 0 radical (unpaired) electrons. The number of carbonyl (C=O) groups excluding carboxylic acids is 1. The number of rotatable bonds is 3. The number of hydrogen-bond donors (Lipinski definition) is 2. The van der Waals surface area contributed by atoms with Gasteiger partial charge in [-0.1, -0.05) is 0 Å². The summed E-state index contributed by atoms with van der Waals surface area (Å²) in [7, 11) is 0. The van der Waals surface area contributed by atoms with Crippen molar-refractivity contribution in [2.24, 2.45) is 0 Å². The van der Waals surface area contributed by atoms with E-state index >= 15 is 0 Å². The third kappa shape index (κ3) is 4.85. The van der Waals surface area contributed by atoms with Crippen LogP contribution in [0.5, 0.6) is 0 Å². The van der Waals surface area contributed by atoms with Crippen molar-refractivity contribution in [2.75, 3.05) is 11.9 Å². The van der Waals surface area contributed by atoms with Crippen molar-refractivity contribution in [2.45, 2.75) is 58.2 Å². The first-order chi connectivity index (χ1) is 9.42. The van der Waals surface area contributed by atoms with E-state index < -0.39 is 0 Å². The van der Waals surface area contributed by atoms with Gasteiger partial charge in [0, 0.05) is 18.3 Å². The van der Waals surface area contributed by atoms with E-state index in [1.165, 1.54) is 6.42 Å². The average molecular weight is 280 g/mol. The third-order valence-corrected chi connectivity index (χ3v) is 3.04. The molecule has 2 rings (SSSR count). The van der Waals surface area contributed by atoms with Crippen LogP contribution in [0.15, 0.2) is 12.4 Å². The monoisotopic (exact) mass is 280 g/mol. The molecule has 1 unspecified atom stereocenters. The molecule has 0 bridgehead atoms. The summed E-state index contributed by atoms with van der Waals surface area (Å²) in [5.74, 6) is 0. The van der Waals surface area contributed by atoms with Gasteiger partial charge in [-0.15, -0.1) is 0 Å². The molecule has 0 saturated carbocycles. The molecule has 2 amide bonds. The predicted octanol–water partition coefficient (Wildman–Crippen LogP) is 2.37. The van der Waals surface area contributed by atoms with E-state index in [1.807, 2.05) is 31.6 Å². The van der Waals surface area contributed by atoms with Gasteiger partial charge in [-0.3, -0.25) is 4.68 Å². The highest BCUT2D eigenvalue weighted by Gasteiger charge is 2.16. The first kappa shape index (κ1) is 14.8. The Labute approximate surface area is 119 Å². The summed E-state index contributed by atoms with van der Waals surface area (Å²) >= 11 is 0. The van der Waals surface area contributed by atoms with Crippen LogP contribution in [0.4, 0.5) is 10.5 Å². The Morgan fingerprint density at radius 2 is 2.30 bits per heavy atom. The van der Waals surface area contributed by atoms with Crippen LogP contribution < -0.4 is 10.6 Å². The zero-order chi connectivity index (χ0) is 14.6. The van der Waals surface area contributed by atoms with Crippen LogP contribution >= 0.6 is 0 Å². The van der Waals surface area contributed by atoms with E-state index in [0.717, 1.165) is 26.0 Å². The van der Waals surface area contributed by atoms with Crippen LogP contribution in [0.3, 0.4) is 0 Å². The van der Waals surface area contributed by atoms with E-state index in [-0.39, 0.29) is 17.7 Å². The Balaban J connectivity index is 1.84. The first-order valence-corrected chi connectivity index (χ1v) is 7.15. The van der Waals surface area contributed by atoms with Crippen molar-refractivity contribution in [3.8, 4) is 0 Å². The number of nitrogens with zero attached hydrogens (tertiary/aromatic N) is 2. The lowest BCUT2D eigenvalue weighted by Crippen LogP contribution is -2.43. The number of amides is 2. The number of hydrogen-bond acceptors (Lipinski definition) is 3. The summed E-state index contributed by atoms with van der Waals surface area (Å²) in [4.78, 5) is 11.7. The maximum absolute atomic E-state index is 11.7. The molecule has 1 saturated heterocycles. The first-order valence-electron chi connectivity index (χ1n) is 7.15. The third-order valence-electron chi connectivity index (χ3n) is 3.04. The molecule has 1 atom stereocenters. The maximum Gasteiger partial charge on any atom is 0.319 e. The molecule has 1 aromatic rings. The number of nitrogens with one attached hydrogen (secondary N) is 2. The molecule has 1 aliphatic heterocycles. The second-order valence-corrected chi connectivity index (χ2v) is 6.27. The molecule has 1 aromatic heterocycles. The number of urea groups is 1. The van der Waals surface area contributed by atoms with Crippen LogP contribution in [0.1, 0.15) is 40.0 Å². The molecule has 2 heterocycles. The molecule has 20 heavy (non-hydrogen) atoms. The van der Waals surface area contributed by atoms with Crippen LogP contribution in [0, 0.1) is 0 Å². The summed E-state index contributed by atoms with van der Waals surface area (Å²) in [6.45, 7) is 7.40. The van der Waals surface area contributed by atoms with Gasteiger partial charge in [0.15, 0.2) is 0 Å².